The minimum atomic E-state index is -0.0632. The molecule has 0 atom stereocenters. The first kappa shape index (κ1) is 20.0. The molecule has 0 radical (unpaired) electrons. The van der Waals surface area contributed by atoms with Crippen LogP contribution in [0.5, 0.6) is 11.5 Å². The fourth-order valence-corrected chi connectivity index (χ4v) is 4.74. The Labute approximate surface area is 195 Å². The second-order valence-corrected chi connectivity index (χ2v) is 9.21. The molecule has 0 aliphatic carbocycles. The number of benzene rings is 3. The Morgan fingerprint density at radius 1 is 1.06 bits per heavy atom. The van der Waals surface area contributed by atoms with Crippen molar-refractivity contribution in [2.24, 2.45) is 0 Å². The van der Waals surface area contributed by atoms with Gasteiger partial charge in [0.05, 0.1) is 22.7 Å². The first-order chi connectivity index (χ1) is 15.1. The highest BCUT2D eigenvalue weighted by molar-refractivity contribution is 14.1. The summed E-state index contributed by atoms with van der Waals surface area (Å²) in [5.74, 6) is 1.28. The van der Waals surface area contributed by atoms with Crippen LogP contribution in [0.1, 0.15) is 11.1 Å². The molecular formula is C24H17IN2O3S. The van der Waals surface area contributed by atoms with Gasteiger partial charge in [-0.25, -0.2) is 9.38 Å². The average molecular weight is 540 g/mol. The topological polar surface area (TPSA) is 52.8 Å². The molecule has 0 aliphatic heterocycles. The van der Waals surface area contributed by atoms with Crippen molar-refractivity contribution in [3.05, 3.63) is 96.3 Å². The van der Waals surface area contributed by atoms with Crippen LogP contribution in [0.4, 0.5) is 0 Å². The van der Waals surface area contributed by atoms with E-state index in [1.54, 1.807) is 11.5 Å². The van der Waals surface area contributed by atoms with Crippen LogP contribution in [0.15, 0.2) is 71.5 Å². The van der Waals surface area contributed by atoms with Crippen LogP contribution in [0, 0.1) is 3.57 Å². The minimum absolute atomic E-state index is 0.0632. The molecule has 7 heteroatoms. The summed E-state index contributed by atoms with van der Waals surface area (Å²) in [5, 5.41) is 0. The number of methoxy groups -OCH3 is 1. The third-order valence-corrected chi connectivity index (χ3v) is 6.63. The highest BCUT2D eigenvalue weighted by atomic mass is 127. The molecule has 0 amide bonds. The Kier molecular flexibility index (Phi) is 5.37. The van der Waals surface area contributed by atoms with Gasteiger partial charge in [0.25, 0.3) is 5.56 Å². The summed E-state index contributed by atoms with van der Waals surface area (Å²) in [6, 6.07) is 21.5. The summed E-state index contributed by atoms with van der Waals surface area (Å²) in [4.78, 5) is 18.2. The maximum Gasteiger partial charge on any atom is 0.274 e. The van der Waals surface area contributed by atoms with Crippen LogP contribution in [0.25, 0.3) is 22.1 Å². The first-order valence-electron chi connectivity index (χ1n) is 9.59. The predicted molar refractivity (Wildman–Crippen MR) is 132 cm³/mol. The Bertz CT molecular complexity index is 1510. The molecule has 0 aliphatic rings. The molecule has 3 aromatic carbocycles. The molecular weight excluding hydrogens is 523 g/mol. The van der Waals surface area contributed by atoms with Crippen LogP contribution in [0.2, 0.25) is 0 Å². The van der Waals surface area contributed by atoms with Crippen molar-refractivity contribution < 1.29 is 9.47 Å². The van der Waals surface area contributed by atoms with Gasteiger partial charge in [0.15, 0.2) is 16.5 Å². The lowest BCUT2D eigenvalue weighted by atomic mass is 10.2. The fourth-order valence-electron chi connectivity index (χ4n) is 3.40. The molecule has 31 heavy (non-hydrogen) atoms. The molecule has 0 spiro atoms. The quantitative estimate of drug-likeness (QED) is 0.305. The number of rotatable bonds is 5. The van der Waals surface area contributed by atoms with Gasteiger partial charge in [0.2, 0.25) is 0 Å². The van der Waals surface area contributed by atoms with Gasteiger partial charge in [-0.15, -0.1) is 0 Å². The number of thiazole rings is 1. The lowest BCUT2D eigenvalue weighted by Crippen LogP contribution is -2.22. The number of ether oxygens (including phenoxy) is 2. The second-order valence-electron chi connectivity index (χ2n) is 6.96. The maximum absolute atomic E-state index is 13.0. The van der Waals surface area contributed by atoms with E-state index < -0.39 is 0 Å². The average Bonchev–Trinajstić information content (AvgIpc) is 3.30. The molecule has 5 rings (SSSR count). The van der Waals surface area contributed by atoms with Crippen molar-refractivity contribution in [3.63, 3.8) is 0 Å². The van der Waals surface area contributed by atoms with E-state index >= 15 is 0 Å². The van der Waals surface area contributed by atoms with Gasteiger partial charge in [-0.05, 0) is 76.2 Å². The molecule has 2 aromatic heterocycles. The van der Waals surface area contributed by atoms with Gasteiger partial charge < -0.3 is 9.47 Å². The van der Waals surface area contributed by atoms with Gasteiger partial charge in [-0.3, -0.25) is 4.79 Å². The highest BCUT2D eigenvalue weighted by Gasteiger charge is 2.11. The van der Waals surface area contributed by atoms with E-state index in [0.29, 0.717) is 27.6 Å². The van der Waals surface area contributed by atoms with E-state index in [2.05, 4.69) is 39.7 Å². The minimum Gasteiger partial charge on any atom is -0.493 e. The van der Waals surface area contributed by atoms with E-state index in [4.69, 9.17) is 9.47 Å². The van der Waals surface area contributed by atoms with Crippen molar-refractivity contribution in [1.82, 2.24) is 9.38 Å². The molecule has 0 saturated heterocycles. The van der Waals surface area contributed by atoms with Crippen molar-refractivity contribution in [2.45, 2.75) is 6.61 Å². The molecule has 0 N–H and O–H groups in total. The van der Waals surface area contributed by atoms with Gasteiger partial charge in [0, 0.05) is 3.57 Å². The van der Waals surface area contributed by atoms with Crippen LogP contribution in [-0.4, -0.2) is 16.5 Å². The fraction of sp³-hybridized carbons (Fsp3) is 0.0833. The van der Waals surface area contributed by atoms with Crippen molar-refractivity contribution in [1.29, 1.82) is 0 Å². The number of nitrogens with zero attached hydrogens (tertiary/aromatic N) is 2. The van der Waals surface area contributed by atoms with E-state index in [9.17, 15) is 4.79 Å². The third kappa shape index (κ3) is 3.90. The molecule has 2 heterocycles. The summed E-state index contributed by atoms with van der Waals surface area (Å²) in [5.41, 5.74) is 3.54. The zero-order chi connectivity index (χ0) is 21.4. The summed E-state index contributed by atoms with van der Waals surface area (Å²) in [6.45, 7) is 0.455. The Morgan fingerprint density at radius 3 is 2.68 bits per heavy atom. The van der Waals surface area contributed by atoms with Crippen LogP contribution in [0.3, 0.4) is 0 Å². The number of fused-ring (bicyclic) bond motifs is 3. The molecule has 5 nitrogen and oxygen atoms in total. The third-order valence-electron chi connectivity index (χ3n) is 4.94. The monoisotopic (exact) mass is 540 g/mol. The Balaban J connectivity index is 1.46. The predicted octanol–water partition coefficient (Wildman–Crippen LogP) is 4.65. The molecule has 0 bridgehead atoms. The summed E-state index contributed by atoms with van der Waals surface area (Å²) in [6.07, 6.45) is 1.86. The van der Waals surface area contributed by atoms with E-state index in [1.807, 2.05) is 60.7 Å². The van der Waals surface area contributed by atoms with Crippen LogP contribution < -0.4 is 19.6 Å². The standard InChI is InChI=1S/C24H17IN2O3S/c1-29-21-12-16(8-11-20(21)30-14-15-6-9-17(25)10-7-15)13-22-23(28)27-19-5-3-2-4-18(19)26-24(27)31-22/h2-13H,14H2,1H3/b22-13-. The zero-order valence-electron chi connectivity index (χ0n) is 16.5. The SMILES string of the molecule is COc1cc(/C=c2\sc3nc4ccccc4n3c2=O)ccc1OCc1ccc(I)cc1. The van der Waals surface area contributed by atoms with Crippen molar-refractivity contribution in [3.8, 4) is 11.5 Å². The van der Waals surface area contributed by atoms with E-state index in [0.717, 1.165) is 22.2 Å². The van der Waals surface area contributed by atoms with Crippen LogP contribution >= 0.6 is 33.9 Å². The number of hydrogen-bond acceptors (Lipinski definition) is 5. The number of para-hydroxylation sites is 2. The van der Waals surface area contributed by atoms with Gasteiger partial charge >= 0.3 is 0 Å². The van der Waals surface area contributed by atoms with E-state index in [-0.39, 0.29) is 5.56 Å². The van der Waals surface area contributed by atoms with Gasteiger partial charge in [0.1, 0.15) is 6.61 Å². The number of hydrogen-bond donors (Lipinski definition) is 0. The molecule has 0 saturated carbocycles. The molecule has 154 valence electrons. The Morgan fingerprint density at radius 2 is 1.87 bits per heavy atom. The lowest BCUT2D eigenvalue weighted by molar-refractivity contribution is 0.284. The van der Waals surface area contributed by atoms with Gasteiger partial charge in [-0.2, -0.15) is 0 Å². The van der Waals surface area contributed by atoms with Crippen molar-refractivity contribution >= 4 is 56.0 Å². The normalized spacial score (nSPS) is 12.0. The summed E-state index contributed by atoms with van der Waals surface area (Å²) < 4.78 is 15.0. The largest absolute Gasteiger partial charge is 0.493 e. The van der Waals surface area contributed by atoms with Crippen LogP contribution in [-0.2, 0) is 6.61 Å². The lowest BCUT2D eigenvalue weighted by Gasteiger charge is -2.11. The van der Waals surface area contributed by atoms with E-state index in [1.165, 1.54) is 14.9 Å². The Hall–Kier alpha value is -2.91. The molecule has 5 aromatic rings. The summed E-state index contributed by atoms with van der Waals surface area (Å²) in [7, 11) is 1.61. The summed E-state index contributed by atoms with van der Waals surface area (Å²) >= 11 is 3.66. The number of halogens is 1. The van der Waals surface area contributed by atoms with Crippen molar-refractivity contribution in [2.75, 3.05) is 7.11 Å². The highest BCUT2D eigenvalue weighted by Crippen LogP contribution is 2.29. The molecule has 0 fully saturated rings. The number of imidazole rings is 1. The zero-order valence-corrected chi connectivity index (χ0v) is 19.5. The number of aromatic nitrogens is 2. The smallest absolute Gasteiger partial charge is 0.274 e. The van der Waals surface area contributed by atoms with Gasteiger partial charge in [-0.1, -0.05) is 41.7 Å². The molecule has 0 unspecified atom stereocenters. The first-order valence-corrected chi connectivity index (χ1v) is 11.5. The maximum atomic E-state index is 13.0. The second kappa shape index (κ2) is 8.32.